The Morgan fingerprint density at radius 1 is 1.45 bits per heavy atom. The summed E-state index contributed by atoms with van der Waals surface area (Å²) in [6, 6.07) is 6.64. The van der Waals surface area contributed by atoms with E-state index in [0.29, 0.717) is 17.7 Å². The molecule has 0 aliphatic carbocycles. The minimum absolute atomic E-state index is 0. The van der Waals surface area contributed by atoms with Crippen LogP contribution < -0.4 is 10.1 Å². The Bertz CT molecular complexity index is 415. The van der Waals surface area contributed by atoms with Crippen LogP contribution in [-0.4, -0.2) is 37.7 Å². The summed E-state index contributed by atoms with van der Waals surface area (Å²) >= 11 is 6.24. The van der Waals surface area contributed by atoms with Crippen LogP contribution in [-0.2, 0) is 6.54 Å². The Labute approximate surface area is 133 Å². The summed E-state index contributed by atoms with van der Waals surface area (Å²) in [6.07, 6.45) is 2.54. The summed E-state index contributed by atoms with van der Waals surface area (Å²) in [7, 11) is 2.02. The maximum Gasteiger partial charge on any atom is 0.142 e. The van der Waals surface area contributed by atoms with Gasteiger partial charge < -0.3 is 10.1 Å². The highest BCUT2D eigenvalue weighted by atomic mass is 35.5. The van der Waals surface area contributed by atoms with Crippen LogP contribution in [0.4, 0.5) is 0 Å². The lowest BCUT2D eigenvalue weighted by Crippen LogP contribution is -2.36. The van der Waals surface area contributed by atoms with Gasteiger partial charge in [-0.1, -0.05) is 23.7 Å². The lowest BCUT2D eigenvalue weighted by Gasteiger charge is -2.25. The number of hydrogen-bond donors (Lipinski definition) is 1. The number of halogens is 2. The molecule has 3 nitrogen and oxygen atoms in total. The molecular weight excluding hydrogens is 295 g/mol. The molecule has 0 spiro atoms. The Morgan fingerprint density at radius 2 is 2.25 bits per heavy atom. The van der Waals surface area contributed by atoms with Gasteiger partial charge in [0.1, 0.15) is 5.75 Å². The quantitative estimate of drug-likeness (QED) is 0.870. The van der Waals surface area contributed by atoms with Crippen LogP contribution >= 0.6 is 24.0 Å². The first-order chi connectivity index (χ1) is 9.26. The Balaban J connectivity index is 0.00000200. The number of benzene rings is 1. The van der Waals surface area contributed by atoms with Gasteiger partial charge in [-0.25, -0.2) is 0 Å². The molecule has 1 saturated heterocycles. The fraction of sp³-hybridized carbons (Fsp3) is 0.600. The van der Waals surface area contributed by atoms with Crippen LogP contribution in [0.15, 0.2) is 18.2 Å². The van der Waals surface area contributed by atoms with E-state index in [1.54, 1.807) is 0 Å². The molecule has 0 saturated carbocycles. The summed E-state index contributed by atoms with van der Waals surface area (Å²) in [5.74, 6) is 0.849. The summed E-state index contributed by atoms with van der Waals surface area (Å²) in [5, 5.41) is 3.99. The number of nitrogens with one attached hydrogen (secondary N) is 1. The smallest absolute Gasteiger partial charge is 0.142 e. The van der Waals surface area contributed by atoms with Gasteiger partial charge in [0, 0.05) is 24.7 Å². The van der Waals surface area contributed by atoms with Crippen molar-refractivity contribution in [3.8, 4) is 5.75 Å². The van der Waals surface area contributed by atoms with Crippen molar-refractivity contribution in [2.75, 3.05) is 26.7 Å². The maximum absolute atomic E-state index is 6.24. The number of ether oxygens (including phenoxy) is 1. The van der Waals surface area contributed by atoms with E-state index >= 15 is 0 Å². The maximum atomic E-state index is 6.24. The summed E-state index contributed by atoms with van der Waals surface area (Å²) in [5.41, 5.74) is 1.19. The second-order valence-corrected chi connectivity index (χ2v) is 5.39. The minimum Gasteiger partial charge on any atom is -0.492 e. The van der Waals surface area contributed by atoms with E-state index in [1.165, 1.54) is 18.4 Å². The van der Waals surface area contributed by atoms with E-state index in [9.17, 15) is 0 Å². The van der Waals surface area contributed by atoms with Gasteiger partial charge in [0.25, 0.3) is 0 Å². The number of likely N-dealkylation sites (N-methyl/N-ethyl adjacent to an activating group) is 1. The molecule has 0 bridgehead atoms. The minimum atomic E-state index is 0. The third kappa shape index (κ3) is 4.26. The summed E-state index contributed by atoms with van der Waals surface area (Å²) < 4.78 is 5.70. The molecule has 1 unspecified atom stereocenters. The highest BCUT2D eigenvalue weighted by Crippen LogP contribution is 2.31. The molecule has 1 aliphatic heterocycles. The van der Waals surface area contributed by atoms with E-state index in [1.807, 2.05) is 26.1 Å². The van der Waals surface area contributed by atoms with Gasteiger partial charge in [0.15, 0.2) is 0 Å². The van der Waals surface area contributed by atoms with Crippen molar-refractivity contribution in [3.63, 3.8) is 0 Å². The second-order valence-electron chi connectivity index (χ2n) is 4.99. The number of nitrogens with zero attached hydrogens (tertiary/aromatic N) is 1. The molecule has 0 amide bonds. The first-order valence-corrected chi connectivity index (χ1v) is 7.43. The Kier molecular flexibility index (Phi) is 7.67. The number of rotatable bonds is 6. The SMILES string of the molecule is CCOc1c(Cl)cccc1CN1CCCC1CNC.Cl. The number of para-hydroxylation sites is 1. The van der Waals surface area contributed by atoms with Crippen molar-refractivity contribution in [1.82, 2.24) is 10.2 Å². The molecule has 1 aliphatic rings. The average molecular weight is 319 g/mol. The zero-order valence-electron chi connectivity index (χ0n) is 12.2. The van der Waals surface area contributed by atoms with Gasteiger partial charge in [0.05, 0.1) is 11.6 Å². The standard InChI is InChI=1S/C15H23ClN2O.ClH/c1-3-19-15-12(6-4-8-14(15)16)11-18-9-5-7-13(18)10-17-2;/h4,6,8,13,17H,3,5,7,9-11H2,1-2H3;1H. The van der Waals surface area contributed by atoms with Gasteiger partial charge in [-0.2, -0.15) is 0 Å². The number of hydrogen-bond acceptors (Lipinski definition) is 3. The topological polar surface area (TPSA) is 24.5 Å². The first-order valence-electron chi connectivity index (χ1n) is 7.05. The molecule has 0 aromatic heterocycles. The molecule has 1 N–H and O–H groups in total. The fourth-order valence-corrected chi connectivity index (χ4v) is 3.02. The Morgan fingerprint density at radius 3 is 2.95 bits per heavy atom. The molecule has 1 aromatic rings. The van der Waals surface area contributed by atoms with Gasteiger partial charge in [-0.15, -0.1) is 12.4 Å². The van der Waals surface area contributed by atoms with Crippen molar-refractivity contribution >= 4 is 24.0 Å². The van der Waals surface area contributed by atoms with E-state index < -0.39 is 0 Å². The van der Waals surface area contributed by atoms with Crippen LogP contribution in [0.25, 0.3) is 0 Å². The van der Waals surface area contributed by atoms with Crippen molar-refractivity contribution in [2.24, 2.45) is 0 Å². The van der Waals surface area contributed by atoms with Crippen LogP contribution in [0.3, 0.4) is 0 Å². The normalized spacial score (nSPS) is 18.9. The van der Waals surface area contributed by atoms with Crippen LogP contribution in [0, 0.1) is 0 Å². The molecule has 0 radical (unpaired) electrons. The van der Waals surface area contributed by atoms with Crippen LogP contribution in [0.2, 0.25) is 5.02 Å². The van der Waals surface area contributed by atoms with Gasteiger partial charge in [-0.3, -0.25) is 4.90 Å². The first kappa shape index (κ1) is 17.6. The molecule has 1 atom stereocenters. The highest BCUT2D eigenvalue weighted by molar-refractivity contribution is 6.32. The molecule has 1 heterocycles. The zero-order chi connectivity index (χ0) is 13.7. The van der Waals surface area contributed by atoms with E-state index in [-0.39, 0.29) is 12.4 Å². The predicted molar refractivity (Wildman–Crippen MR) is 87.2 cm³/mol. The van der Waals surface area contributed by atoms with Crippen molar-refractivity contribution in [2.45, 2.75) is 32.4 Å². The monoisotopic (exact) mass is 318 g/mol. The zero-order valence-corrected chi connectivity index (χ0v) is 13.8. The van der Waals surface area contributed by atoms with Crippen molar-refractivity contribution in [3.05, 3.63) is 28.8 Å². The van der Waals surface area contributed by atoms with E-state index in [4.69, 9.17) is 16.3 Å². The van der Waals surface area contributed by atoms with Gasteiger partial charge in [0.2, 0.25) is 0 Å². The van der Waals surface area contributed by atoms with Crippen LogP contribution in [0.5, 0.6) is 5.75 Å². The molecule has 20 heavy (non-hydrogen) atoms. The molecule has 1 aromatic carbocycles. The van der Waals surface area contributed by atoms with Gasteiger partial charge in [-0.05, 0) is 39.4 Å². The lowest BCUT2D eigenvalue weighted by atomic mass is 10.1. The van der Waals surface area contributed by atoms with E-state index in [2.05, 4.69) is 16.3 Å². The fourth-order valence-electron chi connectivity index (χ4n) is 2.77. The largest absolute Gasteiger partial charge is 0.492 e. The van der Waals surface area contributed by atoms with Crippen molar-refractivity contribution < 1.29 is 4.74 Å². The van der Waals surface area contributed by atoms with Crippen LogP contribution in [0.1, 0.15) is 25.3 Å². The van der Waals surface area contributed by atoms with Gasteiger partial charge >= 0.3 is 0 Å². The predicted octanol–water partition coefficient (Wildman–Crippen LogP) is 3.34. The third-order valence-electron chi connectivity index (χ3n) is 3.65. The van der Waals surface area contributed by atoms with E-state index in [0.717, 1.165) is 25.4 Å². The summed E-state index contributed by atoms with van der Waals surface area (Å²) in [6.45, 7) is 5.76. The molecular formula is C15H24Cl2N2O. The molecule has 1 fully saturated rings. The second kappa shape index (κ2) is 8.73. The Hall–Kier alpha value is -0.480. The van der Waals surface area contributed by atoms with Crippen molar-refractivity contribution in [1.29, 1.82) is 0 Å². The third-order valence-corrected chi connectivity index (χ3v) is 3.95. The average Bonchev–Trinajstić information content (AvgIpc) is 2.82. The number of likely N-dealkylation sites (tertiary alicyclic amines) is 1. The molecule has 114 valence electrons. The summed E-state index contributed by atoms with van der Waals surface area (Å²) in [4.78, 5) is 2.52. The molecule has 5 heteroatoms. The lowest BCUT2D eigenvalue weighted by molar-refractivity contribution is 0.236. The highest BCUT2D eigenvalue weighted by Gasteiger charge is 2.24. The molecule has 2 rings (SSSR count).